The van der Waals surface area contributed by atoms with Crippen molar-refractivity contribution in [2.45, 2.75) is 20.8 Å². The van der Waals surface area contributed by atoms with Gasteiger partial charge in [0.25, 0.3) is 11.8 Å². The molecule has 0 fully saturated rings. The number of nitrogens with one attached hydrogen (secondary N) is 3. The Hall–Kier alpha value is -2.57. The molecule has 28 heavy (non-hydrogen) atoms. The standard InChI is InChI=1S/C21H26ClN3O3/c1-4-25(14-21(27)24-19-12-16(22)7-6-15(19)3)13-20(26)23-17-8-10-18(11-9-17)28-5-2/h6-12H,4-5,13-14H2,1-3H3,(H,23,26)(H,24,27)/p+1. The molecule has 0 saturated carbocycles. The lowest BCUT2D eigenvalue weighted by atomic mass is 10.2. The molecule has 1 unspecified atom stereocenters. The number of amides is 2. The Morgan fingerprint density at radius 2 is 1.64 bits per heavy atom. The Morgan fingerprint density at radius 3 is 2.25 bits per heavy atom. The maximum Gasteiger partial charge on any atom is 0.279 e. The van der Waals surface area contributed by atoms with E-state index in [1.54, 1.807) is 24.3 Å². The zero-order valence-electron chi connectivity index (χ0n) is 16.5. The van der Waals surface area contributed by atoms with Crippen LogP contribution in [0.1, 0.15) is 19.4 Å². The van der Waals surface area contributed by atoms with Crippen LogP contribution in [0, 0.1) is 6.92 Å². The van der Waals surface area contributed by atoms with Crippen LogP contribution < -0.4 is 20.3 Å². The normalized spacial score (nSPS) is 11.6. The Bertz CT molecular complexity index is 809. The summed E-state index contributed by atoms with van der Waals surface area (Å²) >= 11 is 5.99. The van der Waals surface area contributed by atoms with E-state index in [2.05, 4.69) is 10.6 Å². The number of hydrogen-bond donors (Lipinski definition) is 3. The molecule has 0 heterocycles. The number of likely N-dealkylation sites (N-methyl/N-ethyl adjacent to an activating group) is 1. The van der Waals surface area contributed by atoms with Crippen LogP contribution >= 0.6 is 11.6 Å². The average molecular weight is 405 g/mol. The maximum atomic E-state index is 12.4. The molecule has 6 nitrogen and oxygen atoms in total. The van der Waals surface area contributed by atoms with Crippen molar-refractivity contribution in [3.8, 4) is 5.75 Å². The van der Waals surface area contributed by atoms with Gasteiger partial charge in [0.1, 0.15) is 5.75 Å². The van der Waals surface area contributed by atoms with Crippen LogP contribution in [0.3, 0.4) is 0 Å². The molecule has 0 aliphatic carbocycles. The van der Waals surface area contributed by atoms with E-state index < -0.39 is 0 Å². The van der Waals surface area contributed by atoms with E-state index >= 15 is 0 Å². The molecule has 0 bridgehead atoms. The summed E-state index contributed by atoms with van der Waals surface area (Å²) < 4.78 is 5.39. The fourth-order valence-electron chi connectivity index (χ4n) is 2.70. The van der Waals surface area contributed by atoms with Gasteiger partial charge in [-0.25, -0.2) is 0 Å². The van der Waals surface area contributed by atoms with Crippen molar-refractivity contribution in [3.05, 3.63) is 53.1 Å². The molecular formula is C21H27ClN3O3+. The minimum Gasteiger partial charge on any atom is -0.494 e. The summed E-state index contributed by atoms with van der Waals surface area (Å²) in [5.74, 6) is 0.457. The van der Waals surface area contributed by atoms with Crippen LogP contribution in [0.2, 0.25) is 5.02 Å². The Morgan fingerprint density at radius 1 is 1.00 bits per heavy atom. The van der Waals surface area contributed by atoms with Crippen LogP contribution in [-0.2, 0) is 9.59 Å². The van der Waals surface area contributed by atoms with Crippen molar-refractivity contribution < 1.29 is 19.2 Å². The summed E-state index contributed by atoms with van der Waals surface area (Å²) in [7, 11) is 0. The summed E-state index contributed by atoms with van der Waals surface area (Å²) in [5.41, 5.74) is 2.32. The molecule has 150 valence electrons. The quantitative estimate of drug-likeness (QED) is 0.601. The highest BCUT2D eigenvalue weighted by molar-refractivity contribution is 6.31. The minimum absolute atomic E-state index is 0.146. The van der Waals surface area contributed by atoms with Crippen molar-refractivity contribution in [1.82, 2.24) is 0 Å². The molecule has 0 aliphatic heterocycles. The molecule has 0 aromatic heterocycles. The molecule has 1 atom stereocenters. The molecule has 0 saturated heterocycles. The summed E-state index contributed by atoms with van der Waals surface area (Å²) in [6.45, 7) is 7.40. The first-order valence-corrected chi connectivity index (χ1v) is 9.71. The van der Waals surface area contributed by atoms with E-state index in [0.29, 0.717) is 29.5 Å². The second-order valence-corrected chi connectivity index (χ2v) is 6.91. The largest absolute Gasteiger partial charge is 0.494 e. The van der Waals surface area contributed by atoms with Gasteiger partial charge in [0, 0.05) is 16.4 Å². The molecule has 3 N–H and O–H groups in total. The number of rotatable bonds is 9. The Balaban J connectivity index is 1.87. The summed E-state index contributed by atoms with van der Waals surface area (Å²) in [6.07, 6.45) is 0. The zero-order chi connectivity index (χ0) is 20.5. The van der Waals surface area contributed by atoms with Gasteiger partial charge in [-0.1, -0.05) is 17.7 Å². The molecule has 0 spiro atoms. The molecule has 2 aromatic rings. The number of benzene rings is 2. The Labute approximate surface area is 170 Å². The van der Waals surface area contributed by atoms with Gasteiger partial charge >= 0.3 is 0 Å². The third-order valence-corrected chi connectivity index (χ3v) is 4.48. The smallest absolute Gasteiger partial charge is 0.279 e. The third kappa shape index (κ3) is 6.87. The molecule has 0 aliphatic rings. The van der Waals surface area contributed by atoms with Gasteiger partial charge in [-0.05, 0) is 62.7 Å². The van der Waals surface area contributed by atoms with Crippen molar-refractivity contribution in [3.63, 3.8) is 0 Å². The van der Waals surface area contributed by atoms with Crippen LogP contribution in [-0.4, -0.2) is 38.1 Å². The van der Waals surface area contributed by atoms with Gasteiger partial charge in [-0.3, -0.25) is 9.59 Å². The van der Waals surface area contributed by atoms with Crippen molar-refractivity contribution in [1.29, 1.82) is 0 Å². The van der Waals surface area contributed by atoms with E-state index in [1.807, 2.05) is 39.0 Å². The monoisotopic (exact) mass is 404 g/mol. The number of anilines is 2. The summed E-state index contributed by atoms with van der Waals surface area (Å²) in [6, 6.07) is 12.6. The second-order valence-electron chi connectivity index (χ2n) is 6.47. The van der Waals surface area contributed by atoms with E-state index in [0.717, 1.165) is 16.2 Å². The van der Waals surface area contributed by atoms with Gasteiger partial charge in [0.2, 0.25) is 0 Å². The van der Waals surface area contributed by atoms with Gasteiger partial charge in [-0.15, -0.1) is 0 Å². The molecular weight excluding hydrogens is 378 g/mol. The summed E-state index contributed by atoms with van der Waals surface area (Å²) in [5, 5.41) is 6.28. The number of quaternary nitrogens is 1. The van der Waals surface area contributed by atoms with Gasteiger partial charge in [-0.2, -0.15) is 0 Å². The van der Waals surface area contributed by atoms with Crippen molar-refractivity contribution in [2.24, 2.45) is 0 Å². The number of carbonyl (C=O) groups excluding carboxylic acids is 2. The van der Waals surface area contributed by atoms with Crippen molar-refractivity contribution in [2.75, 3.05) is 36.9 Å². The highest BCUT2D eigenvalue weighted by atomic mass is 35.5. The first-order valence-electron chi connectivity index (χ1n) is 9.33. The van der Waals surface area contributed by atoms with Crippen LogP contribution in [0.5, 0.6) is 5.75 Å². The minimum atomic E-state index is -0.156. The fourth-order valence-corrected chi connectivity index (χ4v) is 2.87. The molecule has 2 rings (SSSR count). The highest BCUT2D eigenvalue weighted by Crippen LogP contribution is 2.19. The lowest BCUT2D eigenvalue weighted by molar-refractivity contribution is -0.881. The maximum absolute atomic E-state index is 12.4. The number of aryl methyl sites for hydroxylation is 1. The number of hydrogen-bond acceptors (Lipinski definition) is 3. The molecule has 0 radical (unpaired) electrons. The molecule has 2 amide bonds. The van der Waals surface area contributed by atoms with Gasteiger partial charge in [0.15, 0.2) is 13.1 Å². The zero-order valence-corrected chi connectivity index (χ0v) is 17.2. The second kappa shape index (κ2) is 10.7. The number of halogens is 1. The predicted octanol–water partition coefficient (Wildman–Crippen LogP) is 2.53. The van der Waals surface area contributed by atoms with Crippen molar-refractivity contribution >= 4 is 34.8 Å². The third-order valence-electron chi connectivity index (χ3n) is 4.24. The van der Waals surface area contributed by atoms with E-state index in [9.17, 15) is 9.59 Å². The van der Waals surface area contributed by atoms with Gasteiger partial charge < -0.3 is 20.3 Å². The van der Waals surface area contributed by atoms with Crippen LogP contribution in [0.15, 0.2) is 42.5 Å². The van der Waals surface area contributed by atoms with Crippen LogP contribution in [0.4, 0.5) is 11.4 Å². The number of ether oxygens (including phenoxy) is 1. The van der Waals surface area contributed by atoms with E-state index in [1.165, 1.54) is 0 Å². The SMILES string of the molecule is CCOc1ccc(NC(=O)C[NH+](CC)CC(=O)Nc2cc(Cl)ccc2C)cc1. The fraction of sp³-hybridized carbons (Fsp3) is 0.333. The van der Waals surface area contributed by atoms with Crippen LogP contribution in [0.25, 0.3) is 0 Å². The number of carbonyl (C=O) groups is 2. The lowest BCUT2D eigenvalue weighted by Crippen LogP contribution is -3.13. The topological polar surface area (TPSA) is 71.9 Å². The molecule has 2 aromatic carbocycles. The molecule has 7 heteroatoms. The highest BCUT2D eigenvalue weighted by Gasteiger charge is 2.17. The van der Waals surface area contributed by atoms with E-state index in [4.69, 9.17) is 16.3 Å². The first-order chi connectivity index (χ1) is 13.4. The average Bonchev–Trinajstić information content (AvgIpc) is 2.66. The van der Waals surface area contributed by atoms with E-state index in [-0.39, 0.29) is 24.9 Å². The van der Waals surface area contributed by atoms with Gasteiger partial charge in [0.05, 0.1) is 13.2 Å². The lowest BCUT2D eigenvalue weighted by Gasteiger charge is -2.17. The first kappa shape index (κ1) is 21.7. The summed E-state index contributed by atoms with van der Waals surface area (Å²) in [4.78, 5) is 25.5. The predicted molar refractivity (Wildman–Crippen MR) is 112 cm³/mol. The Kier molecular flexibility index (Phi) is 8.29.